The molecule has 1 heterocycles. The van der Waals surface area contributed by atoms with Crippen LogP contribution in [0.15, 0.2) is 13.6 Å². The summed E-state index contributed by atoms with van der Waals surface area (Å²) in [7, 11) is 0. The predicted octanol–water partition coefficient (Wildman–Crippen LogP) is 4.40. The lowest BCUT2D eigenvalue weighted by Crippen LogP contribution is -1.81. The van der Waals surface area contributed by atoms with Crippen molar-refractivity contribution in [3.8, 4) is 0 Å². The molecule has 1 aromatic heterocycles. The summed E-state index contributed by atoms with van der Waals surface area (Å²) < 4.78 is 2.44. The second-order valence-electron chi connectivity index (χ2n) is 2.43. The van der Waals surface area contributed by atoms with E-state index in [4.69, 9.17) is 0 Å². The minimum absolute atomic E-state index is 0.608. The highest BCUT2D eigenvalue weighted by molar-refractivity contribution is 9.12. The quantitative estimate of drug-likeness (QED) is 0.717. The Labute approximate surface area is 81.9 Å². The summed E-state index contributed by atoms with van der Waals surface area (Å²) in [5.74, 6) is 0.608. The molecule has 0 saturated carbocycles. The van der Waals surface area contributed by atoms with Crippen molar-refractivity contribution in [2.24, 2.45) is 0 Å². The van der Waals surface area contributed by atoms with E-state index in [9.17, 15) is 0 Å². The van der Waals surface area contributed by atoms with E-state index >= 15 is 0 Å². The SMILES string of the molecule is CC(C)c1cc(Br)sc1Br. The van der Waals surface area contributed by atoms with Gasteiger partial charge in [-0.2, -0.15) is 0 Å². The van der Waals surface area contributed by atoms with E-state index in [1.165, 1.54) is 13.1 Å². The summed E-state index contributed by atoms with van der Waals surface area (Å²) in [6.07, 6.45) is 0. The molecule has 56 valence electrons. The fourth-order valence-corrected chi connectivity index (χ4v) is 4.00. The highest BCUT2D eigenvalue weighted by atomic mass is 79.9. The first-order valence-electron chi connectivity index (χ1n) is 3.06. The Morgan fingerprint density at radius 1 is 1.40 bits per heavy atom. The van der Waals surface area contributed by atoms with Crippen molar-refractivity contribution < 1.29 is 0 Å². The second-order valence-corrected chi connectivity index (χ2v) is 6.18. The predicted molar refractivity (Wildman–Crippen MR) is 53.8 cm³/mol. The standard InChI is InChI=1S/C7H8Br2S/c1-4(2)5-3-6(8)10-7(5)9/h3-4H,1-2H3. The molecule has 0 aliphatic rings. The summed E-state index contributed by atoms with van der Waals surface area (Å²) in [4.78, 5) is 0. The highest BCUT2D eigenvalue weighted by Crippen LogP contribution is 2.35. The molecule has 0 spiro atoms. The van der Waals surface area contributed by atoms with Crippen LogP contribution < -0.4 is 0 Å². The van der Waals surface area contributed by atoms with Crippen LogP contribution in [0.2, 0.25) is 0 Å². The summed E-state index contributed by atoms with van der Waals surface area (Å²) in [5.41, 5.74) is 1.39. The average molecular weight is 284 g/mol. The molecule has 0 nitrogen and oxygen atoms in total. The minimum atomic E-state index is 0.608. The van der Waals surface area contributed by atoms with Crippen LogP contribution in [0.5, 0.6) is 0 Å². The zero-order chi connectivity index (χ0) is 7.72. The third kappa shape index (κ3) is 1.83. The first-order chi connectivity index (χ1) is 4.61. The average Bonchev–Trinajstić information content (AvgIpc) is 2.10. The molecule has 0 N–H and O–H groups in total. The summed E-state index contributed by atoms with van der Waals surface area (Å²) in [5, 5.41) is 0. The minimum Gasteiger partial charge on any atom is -0.121 e. The fraction of sp³-hybridized carbons (Fsp3) is 0.429. The van der Waals surface area contributed by atoms with Crippen molar-refractivity contribution in [1.29, 1.82) is 0 Å². The third-order valence-electron chi connectivity index (χ3n) is 1.31. The zero-order valence-corrected chi connectivity index (χ0v) is 9.81. The topological polar surface area (TPSA) is 0 Å². The number of rotatable bonds is 1. The van der Waals surface area contributed by atoms with Gasteiger partial charge in [0.2, 0.25) is 0 Å². The second kappa shape index (κ2) is 3.37. The molecule has 0 aromatic carbocycles. The normalized spacial score (nSPS) is 10.9. The number of hydrogen-bond donors (Lipinski definition) is 0. The van der Waals surface area contributed by atoms with E-state index < -0.39 is 0 Å². The molecule has 3 heteroatoms. The molecule has 0 aliphatic heterocycles. The smallest absolute Gasteiger partial charge is 0.0745 e. The van der Waals surface area contributed by atoms with Crippen molar-refractivity contribution in [1.82, 2.24) is 0 Å². The van der Waals surface area contributed by atoms with E-state index in [2.05, 4.69) is 51.8 Å². The van der Waals surface area contributed by atoms with Crippen LogP contribution in [0, 0.1) is 0 Å². The maximum atomic E-state index is 3.51. The summed E-state index contributed by atoms with van der Waals surface area (Å²) in [6, 6.07) is 2.17. The molecule has 0 bridgehead atoms. The molecule has 0 saturated heterocycles. The van der Waals surface area contributed by atoms with Gasteiger partial charge in [0, 0.05) is 0 Å². The van der Waals surface area contributed by atoms with E-state index in [1.807, 2.05) is 0 Å². The highest BCUT2D eigenvalue weighted by Gasteiger charge is 2.07. The van der Waals surface area contributed by atoms with Crippen molar-refractivity contribution in [3.63, 3.8) is 0 Å². The molecule has 10 heavy (non-hydrogen) atoms. The molecule has 0 atom stereocenters. The van der Waals surface area contributed by atoms with Crippen molar-refractivity contribution in [3.05, 3.63) is 19.2 Å². The molecular formula is C7H8Br2S. The number of halogens is 2. The summed E-state index contributed by atoms with van der Waals surface area (Å²) >= 11 is 8.68. The van der Waals surface area contributed by atoms with Gasteiger partial charge in [0.15, 0.2) is 0 Å². The van der Waals surface area contributed by atoms with E-state index in [0.717, 1.165) is 0 Å². The maximum absolute atomic E-state index is 3.51. The zero-order valence-electron chi connectivity index (χ0n) is 5.82. The molecular weight excluding hydrogens is 276 g/mol. The van der Waals surface area contributed by atoms with Crippen LogP contribution in [0.1, 0.15) is 25.3 Å². The Kier molecular flexibility index (Phi) is 2.95. The molecule has 0 aliphatic carbocycles. The van der Waals surface area contributed by atoms with Crippen LogP contribution in [0.25, 0.3) is 0 Å². The molecule has 0 fully saturated rings. The van der Waals surface area contributed by atoms with Crippen LogP contribution in [-0.4, -0.2) is 0 Å². The first-order valence-corrected chi connectivity index (χ1v) is 5.46. The number of hydrogen-bond acceptors (Lipinski definition) is 1. The van der Waals surface area contributed by atoms with Gasteiger partial charge in [0.05, 0.1) is 7.57 Å². The van der Waals surface area contributed by atoms with Crippen molar-refractivity contribution >= 4 is 43.2 Å². The molecule has 0 radical (unpaired) electrons. The Balaban J connectivity index is 3.03. The van der Waals surface area contributed by atoms with Crippen molar-refractivity contribution in [2.75, 3.05) is 0 Å². The van der Waals surface area contributed by atoms with Gasteiger partial charge in [0.25, 0.3) is 0 Å². The molecule has 0 unspecified atom stereocenters. The lowest BCUT2D eigenvalue weighted by Gasteiger charge is -1.99. The van der Waals surface area contributed by atoms with E-state index in [0.29, 0.717) is 5.92 Å². The lowest BCUT2D eigenvalue weighted by molar-refractivity contribution is 0.867. The lowest BCUT2D eigenvalue weighted by atomic mass is 10.1. The fourth-order valence-electron chi connectivity index (χ4n) is 0.747. The van der Waals surface area contributed by atoms with Crippen LogP contribution in [0.3, 0.4) is 0 Å². The van der Waals surface area contributed by atoms with Crippen LogP contribution in [0.4, 0.5) is 0 Å². The molecule has 0 amide bonds. The monoisotopic (exact) mass is 282 g/mol. The van der Waals surface area contributed by atoms with Crippen LogP contribution >= 0.6 is 43.2 Å². The van der Waals surface area contributed by atoms with E-state index in [-0.39, 0.29) is 0 Å². The molecule has 1 aromatic rings. The van der Waals surface area contributed by atoms with Gasteiger partial charge in [-0.25, -0.2) is 0 Å². The first kappa shape index (κ1) is 8.75. The molecule has 1 rings (SSSR count). The van der Waals surface area contributed by atoms with Gasteiger partial charge >= 0.3 is 0 Å². The van der Waals surface area contributed by atoms with Gasteiger partial charge in [-0.15, -0.1) is 11.3 Å². The Hall–Kier alpha value is 0.660. The third-order valence-corrected chi connectivity index (χ3v) is 3.69. The Morgan fingerprint density at radius 2 is 2.00 bits per heavy atom. The maximum Gasteiger partial charge on any atom is 0.0745 e. The van der Waals surface area contributed by atoms with Gasteiger partial charge in [0.1, 0.15) is 0 Å². The van der Waals surface area contributed by atoms with Gasteiger partial charge < -0.3 is 0 Å². The van der Waals surface area contributed by atoms with Gasteiger partial charge in [-0.05, 0) is 49.4 Å². The summed E-state index contributed by atoms with van der Waals surface area (Å²) in [6.45, 7) is 4.39. The van der Waals surface area contributed by atoms with E-state index in [1.54, 1.807) is 11.3 Å². The van der Waals surface area contributed by atoms with Gasteiger partial charge in [-0.3, -0.25) is 0 Å². The van der Waals surface area contributed by atoms with Gasteiger partial charge in [-0.1, -0.05) is 13.8 Å². The van der Waals surface area contributed by atoms with Crippen LogP contribution in [-0.2, 0) is 0 Å². The Bertz CT molecular complexity index is 228. The largest absolute Gasteiger partial charge is 0.121 e. The van der Waals surface area contributed by atoms with Crippen molar-refractivity contribution in [2.45, 2.75) is 19.8 Å². The Morgan fingerprint density at radius 3 is 2.20 bits per heavy atom. The number of thiophene rings is 1.